The second-order valence-electron chi connectivity index (χ2n) is 4.20. The minimum Gasteiger partial charge on any atom is -0.345 e. The van der Waals surface area contributed by atoms with Crippen LogP contribution in [0.2, 0.25) is 0 Å². The second kappa shape index (κ2) is 5.85. The molecule has 0 spiro atoms. The van der Waals surface area contributed by atoms with Crippen LogP contribution < -0.4 is 10.6 Å². The first-order chi connectivity index (χ1) is 7.19. The van der Waals surface area contributed by atoms with Gasteiger partial charge in [-0.2, -0.15) is 0 Å². The van der Waals surface area contributed by atoms with Gasteiger partial charge in [-0.1, -0.05) is 20.3 Å². The minimum absolute atomic E-state index is 0.0371. The summed E-state index contributed by atoms with van der Waals surface area (Å²) in [5, 5.41) is 5.90. The number of rotatable bonds is 5. The van der Waals surface area contributed by atoms with Crippen molar-refractivity contribution in [1.29, 1.82) is 0 Å². The molecule has 2 N–H and O–H groups in total. The summed E-state index contributed by atoms with van der Waals surface area (Å²) in [5.74, 6) is 0.165. The summed E-state index contributed by atoms with van der Waals surface area (Å²) in [7, 11) is 0. The van der Waals surface area contributed by atoms with Gasteiger partial charge in [0, 0.05) is 0 Å². The van der Waals surface area contributed by atoms with E-state index < -0.39 is 0 Å². The predicted molar refractivity (Wildman–Crippen MR) is 58.5 cm³/mol. The van der Waals surface area contributed by atoms with Crippen LogP contribution in [0.4, 0.5) is 0 Å². The van der Waals surface area contributed by atoms with Gasteiger partial charge in [-0.15, -0.1) is 0 Å². The monoisotopic (exact) mass is 212 g/mol. The Morgan fingerprint density at radius 3 is 2.87 bits per heavy atom. The normalized spacial score (nSPS) is 24.5. The fourth-order valence-corrected chi connectivity index (χ4v) is 1.74. The Morgan fingerprint density at radius 1 is 1.67 bits per heavy atom. The van der Waals surface area contributed by atoms with E-state index in [1.54, 1.807) is 0 Å². The van der Waals surface area contributed by atoms with E-state index in [1.165, 1.54) is 0 Å². The summed E-state index contributed by atoms with van der Waals surface area (Å²) in [6.07, 6.45) is 3.63. The molecular weight excluding hydrogens is 192 g/mol. The molecule has 1 fully saturated rings. The van der Waals surface area contributed by atoms with Gasteiger partial charge in [-0.3, -0.25) is 4.79 Å². The molecule has 1 heterocycles. The van der Waals surface area contributed by atoms with Gasteiger partial charge in [0.1, 0.15) is 6.29 Å². The lowest BCUT2D eigenvalue weighted by molar-refractivity contribution is -0.126. The Hall–Kier alpha value is -0.900. The van der Waals surface area contributed by atoms with E-state index in [4.69, 9.17) is 0 Å². The highest BCUT2D eigenvalue weighted by molar-refractivity contribution is 5.84. The first kappa shape index (κ1) is 12.2. The molecule has 4 nitrogen and oxygen atoms in total. The van der Waals surface area contributed by atoms with E-state index >= 15 is 0 Å². The maximum Gasteiger partial charge on any atom is 0.237 e. The number of hydrogen-bond acceptors (Lipinski definition) is 3. The van der Waals surface area contributed by atoms with Crippen molar-refractivity contribution < 1.29 is 9.59 Å². The Kier molecular flexibility index (Phi) is 4.75. The first-order valence-electron chi connectivity index (χ1n) is 5.68. The zero-order valence-electron chi connectivity index (χ0n) is 9.45. The summed E-state index contributed by atoms with van der Waals surface area (Å²) >= 11 is 0. The number of aldehydes is 1. The molecule has 15 heavy (non-hydrogen) atoms. The summed E-state index contributed by atoms with van der Waals surface area (Å²) in [6.45, 7) is 4.88. The van der Waals surface area contributed by atoms with Gasteiger partial charge < -0.3 is 15.4 Å². The summed E-state index contributed by atoms with van der Waals surface area (Å²) in [4.78, 5) is 22.5. The van der Waals surface area contributed by atoms with Crippen molar-refractivity contribution in [3.8, 4) is 0 Å². The molecule has 0 aliphatic carbocycles. The maximum atomic E-state index is 11.7. The Bertz CT molecular complexity index is 225. The van der Waals surface area contributed by atoms with Crippen LogP contribution >= 0.6 is 0 Å². The molecular formula is C11H20N2O2. The number of carbonyl (C=O) groups is 2. The highest BCUT2D eigenvalue weighted by atomic mass is 16.2. The van der Waals surface area contributed by atoms with E-state index in [0.29, 0.717) is 0 Å². The van der Waals surface area contributed by atoms with Gasteiger partial charge in [0.25, 0.3) is 0 Å². The number of nitrogens with one attached hydrogen (secondary N) is 2. The molecule has 3 atom stereocenters. The molecule has 0 saturated carbocycles. The molecule has 0 aromatic heterocycles. The van der Waals surface area contributed by atoms with Crippen LogP contribution in [-0.2, 0) is 9.59 Å². The van der Waals surface area contributed by atoms with Crippen molar-refractivity contribution in [3.05, 3.63) is 0 Å². The predicted octanol–water partition coefficient (Wildman–Crippen LogP) is 0.468. The van der Waals surface area contributed by atoms with Crippen molar-refractivity contribution in [2.45, 2.75) is 45.2 Å². The molecule has 1 saturated heterocycles. The lowest BCUT2D eigenvalue weighted by Gasteiger charge is -2.20. The number of carbonyl (C=O) groups excluding carboxylic acids is 2. The van der Waals surface area contributed by atoms with Crippen LogP contribution in [0.25, 0.3) is 0 Å². The smallest absolute Gasteiger partial charge is 0.237 e. The van der Waals surface area contributed by atoms with Gasteiger partial charge in [0.05, 0.1) is 12.1 Å². The van der Waals surface area contributed by atoms with Crippen molar-refractivity contribution in [3.63, 3.8) is 0 Å². The largest absolute Gasteiger partial charge is 0.345 e. The second-order valence-corrected chi connectivity index (χ2v) is 4.20. The lowest BCUT2D eigenvalue weighted by Crippen LogP contribution is -2.48. The van der Waals surface area contributed by atoms with Gasteiger partial charge in [-0.05, 0) is 25.3 Å². The highest BCUT2D eigenvalue weighted by Crippen LogP contribution is 2.08. The van der Waals surface area contributed by atoms with E-state index in [2.05, 4.69) is 10.6 Å². The topological polar surface area (TPSA) is 58.2 Å². The average molecular weight is 212 g/mol. The third-order valence-electron chi connectivity index (χ3n) is 3.09. The van der Waals surface area contributed by atoms with Gasteiger partial charge in [0.15, 0.2) is 0 Å². The number of hydrogen-bond donors (Lipinski definition) is 2. The van der Waals surface area contributed by atoms with Gasteiger partial charge in [-0.25, -0.2) is 0 Å². The Balaban J connectivity index is 2.43. The molecule has 4 heteroatoms. The first-order valence-corrected chi connectivity index (χ1v) is 5.68. The van der Waals surface area contributed by atoms with Crippen LogP contribution in [-0.4, -0.2) is 30.8 Å². The molecule has 1 rings (SSSR count). The lowest BCUT2D eigenvalue weighted by atomic mass is 10.00. The van der Waals surface area contributed by atoms with Crippen LogP contribution in [0.1, 0.15) is 33.1 Å². The summed E-state index contributed by atoms with van der Waals surface area (Å²) in [5.41, 5.74) is 0. The SMILES string of the molecule is CCC(C)C(C=O)NC(=O)C1CCCN1. The van der Waals surface area contributed by atoms with Crippen molar-refractivity contribution in [2.24, 2.45) is 5.92 Å². The van der Waals surface area contributed by atoms with E-state index in [-0.39, 0.29) is 23.9 Å². The Morgan fingerprint density at radius 2 is 2.40 bits per heavy atom. The van der Waals surface area contributed by atoms with Crippen molar-refractivity contribution in [1.82, 2.24) is 10.6 Å². The van der Waals surface area contributed by atoms with E-state index in [9.17, 15) is 9.59 Å². The van der Waals surface area contributed by atoms with Crippen molar-refractivity contribution >= 4 is 12.2 Å². The summed E-state index contributed by atoms with van der Waals surface area (Å²) in [6, 6.07) is -0.443. The summed E-state index contributed by atoms with van der Waals surface area (Å²) < 4.78 is 0. The van der Waals surface area contributed by atoms with Crippen LogP contribution in [0.15, 0.2) is 0 Å². The van der Waals surface area contributed by atoms with Gasteiger partial charge >= 0.3 is 0 Å². The zero-order valence-corrected chi connectivity index (χ0v) is 9.45. The number of amides is 1. The Labute approximate surface area is 90.8 Å². The van der Waals surface area contributed by atoms with Crippen LogP contribution in [0.5, 0.6) is 0 Å². The third-order valence-corrected chi connectivity index (χ3v) is 3.09. The molecule has 1 amide bonds. The van der Waals surface area contributed by atoms with Gasteiger partial charge in [0.2, 0.25) is 5.91 Å². The highest BCUT2D eigenvalue weighted by Gasteiger charge is 2.25. The maximum absolute atomic E-state index is 11.7. The molecule has 0 radical (unpaired) electrons. The molecule has 1 aliphatic heterocycles. The quantitative estimate of drug-likeness (QED) is 0.651. The molecule has 0 bridgehead atoms. The van der Waals surface area contributed by atoms with Crippen molar-refractivity contribution in [2.75, 3.05) is 6.54 Å². The standard InChI is InChI=1S/C11H20N2O2/c1-3-8(2)10(7-14)13-11(15)9-5-4-6-12-9/h7-10,12H,3-6H2,1-2H3,(H,13,15). The third kappa shape index (κ3) is 3.30. The van der Waals surface area contributed by atoms with Crippen LogP contribution in [0.3, 0.4) is 0 Å². The molecule has 0 aromatic rings. The molecule has 3 unspecified atom stereocenters. The van der Waals surface area contributed by atoms with Crippen LogP contribution in [0, 0.1) is 5.92 Å². The minimum atomic E-state index is -0.343. The average Bonchev–Trinajstić information content (AvgIpc) is 2.77. The molecule has 86 valence electrons. The zero-order chi connectivity index (χ0) is 11.3. The molecule has 0 aromatic carbocycles. The molecule has 1 aliphatic rings. The fraction of sp³-hybridized carbons (Fsp3) is 0.818. The van der Waals surface area contributed by atoms with E-state index in [1.807, 2.05) is 13.8 Å². The fourth-order valence-electron chi connectivity index (χ4n) is 1.74. The van der Waals surface area contributed by atoms with E-state index in [0.717, 1.165) is 32.1 Å².